The van der Waals surface area contributed by atoms with E-state index >= 15 is 0 Å². The molecule has 3 nitrogen and oxygen atoms in total. The third kappa shape index (κ3) is 2.90. The zero-order chi connectivity index (χ0) is 15.8. The minimum Gasteiger partial charge on any atom is -0.378 e. The van der Waals surface area contributed by atoms with Crippen LogP contribution in [0.3, 0.4) is 0 Å². The molecule has 2 aromatic rings. The minimum absolute atomic E-state index is 0.647. The smallest absolute Gasteiger partial charge is 0.0913 e. The van der Waals surface area contributed by atoms with Crippen LogP contribution >= 0.6 is 23.2 Å². The van der Waals surface area contributed by atoms with Gasteiger partial charge in [0.25, 0.3) is 0 Å². The second-order valence-corrected chi connectivity index (χ2v) is 7.17. The zero-order valence-electron chi connectivity index (χ0n) is 13.1. The van der Waals surface area contributed by atoms with E-state index in [0.29, 0.717) is 10.0 Å². The van der Waals surface area contributed by atoms with Gasteiger partial charge in [-0.15, -0.1) is 0 Å². The molecule has 0 unspecified atom stereocenters. The lowest BCUT2D eigenvalue weighted by Crippen LogP contribution is -2.37. The van der Waals surface area contributed by atoms with Crippen molar-refractivity contribution in [3.05, 3.63) is 33.4 Å². The summed E-state index contributed by atoms with van der Waals surface area (Å²) in [5, 5.41) is 2.41. The molecular weight excluding hydrogens is 331 g/mol. The van der Waals surface area contributed by atoms with E-state index in [0.717, 1.165) is 50.0 Å². The van der Waals surface area contributed by atoms with Crippen molar-refractivity contribution < 1.29 is 4.74 Å². The number of morpholine rings is 1. The Morgan fingerprint density at radius 1 is 1.00 bits per heavy atom. The van der Waals surface area contributed by atoms with Crippen LogP contribution < -0.4 is 4.90 Å². The van der Waals surface area contributed by atoms with Crippen molar-refractivity contribution in [3.8, 4) is 0 Å². The molecule has 1 fully saturated rings. The highest BCUT2D eigenvalue weighted by Gasteiger charge is 2.23. The largest absolute Gasteiger partial charge is 0.378 e. The van der Waals surface area contributed by atoms with E-state index in [1.54, 1.807) is 6.07 Å². The van der Waals surface area contributed by atoms with Crippen LogP contribution in [0.15, 0.2) is 12.1 Å². The lowest BCUT2D eigenvalue weighted by molar-refractivity contribution is 0.122. The normalized spacial score (nSPS) is 18.8. The van der Waals surface area contributed by atoms with Gasteiger partial charge in [0.2, 0.25) is 0 Å². The fourth-order valence-corrected chi connectivity index (χ4v) is 4.29. The van der Waals surface area contributed by atoms with Crippen molar-refractivity contribution >= 4 is 39.8 Å². The Morgan fingerprint density at radius 2 is 1.78 bits per heavy atom. The number of aromatic nitrogens is 1. The number of aryl methyl sites for hydroxylation is 1. The molecule has 0 saturated carbocycles. The number of ether oxygens (including phenoxy) is 1. The van der Waals surface area contributed by atoms with E-state index in [-0.39, 0.29) is 0 Å². The number of fused-ring (bicyclic) bond motifs is 2. The van der Waals surface area contributed by atoms with Crippen LogP contribution in [0.5, 0.6) is 0 Å². The predicted molar refractivity (Wildman–Crippen MR) is 96.1 cm³/mol. The summed E-state index contributed by atoms with van der Waals surface area (Å²) >= 11 is 12.8. The molecule has 1 aromatic heterocycles. The molecule has 0 bridgehead atoms. The molecule has 0 atom stereocenters. The second kappa shape index (κ2) is 6.46. The number of hydrogen-bond donors (Lipinski definition) is 0. The Labute approximate surface area is 146 Å². The molecule has 2 heterocycles. The van der Waals surface area contributed by atoms with Crippen LogP contribution in [-0.4, -0.2) is 31.3 Å². The van der Waals surface area contributed by atoms with Crippen molar-refractivity contribution in [2.75, 3.05) is 31.2 Å². The predicted octanol–water partition coefficient (Wildman–Crippen LogP) is 4.65. The number of benzene rings is 1. The maximum atomic E-state index is 6.47. The minimum atomic E-state index is 0.647. The summed E-state index contributed by atoms with van der Waals surface area (Å²) in [6, 6.07) is 3.82. The van der Waals surface area contributed by atoms with Crippen LogP contribution in [0.25, 0.3) is 10.9 Å². The average molecular weight is 351 g/mol. The number of nitrogens with zero attached hydrogens (tertiary/aromatic N) is 2. The van der Waals surface area contributed by atoms with Gasteiger partial charge in [-0.25, -0.2) is 0 Å². The van der Waals surface area contributed by atoms with Gasteiger partial charge in [0.15, 0.2) is 0 Å². The standard InChI is InChI=1S/C18H20Cl2N2O/c19-12-10-14-17(15(20)11-12)21-16-5-3-1-2-4-13(16)18(14)22-6-8-23-9-7-22/h10-11H,1-9H2. The Bertz CT molecular complexity index is 742. The molecule has 1 saturated heterocycles. The Hall–Kier alpha value is -1.03. The van der Waals surface area contributed by atoms with Crippen molar-refractivity contribution in [2.45, 2.75) is 32.1 Å². The fraction of sp³-hybridized carbons (Fsp3) is 0.500. The van der Waals surface area contributed by atoms with Gasteiger partial charge in [-0.1, -0.05) is 29.6 Å². The van der Waals surface area contributed by atoms with Crippen LogP contribution in [0.4, 0.5) is 5.69 Å². The SMILES string of the molecule is Clc1cc(Cl)c2nc3c(c(N4CCOCC4)c2c1)CCCCC3. The molecule has 1 aliphatic carbocycles. The van der Waals surface area contributed by atoms with E-state index in [9.17, 15) is 0 Å². The summed E-state index contributed by atoms with van der Waals surface area (Å²) in [7, 11) is 0. The average Bonchev–Trinajstić information content (AvgIpc) is 2.79. The van der Waals surface area contributed by atoms with Crippen LogP contribution in [0.2, 0.25) is 10.0 Å². The summed E-state index contributed by atoms with van der Waals surface area (Å²) in [4.78, 5) is 7.36. The molecule has 4 rings (SSSR count). The van der Waals surface area contributed by atoms with Crippen molar-refractivity contribution in [1.82, 2.24) is 4.98 Å². The summed E-state index contributed by atoms with van der Waals surface area (Å²) in [6.45, 7) is 3.37. The third-order valence-electron chi connectivity index (χ3n) is 4.83. The van der Waals surface area contributed by atoms with Gasteiger partial charge in [0, 0.05) is 29.2 Å². The summed E-state index contributed by atoms with van der Waals surface area (Å²) in [5.41, 5.74) is 4.80. The molecule has 2 aliphatic rings. The van der Waals surface area contributed by atoms with Gasteiger partial charge in [-0.3, -0.25) is 4.98 Å². The molecule has 1 aliphatic heterocycles. The topological polar surface area (TPSA) is 25.4 Å². The highest BCUT2D eigenvalue weighted by Crippen LogP contribution is 2.39. The van der Waals surface area contributed by atoms with E-state index < -0.39 is 0 Å². The lowest BCUT2D eigenvalue weighted by atomic mass is 10.0. The maximum Gasteiger partial charge on any atom is 0.0913 e. The molecule has 0 radical (unpaired) electrons. The fourth-order valence-electron chi connectivity index (χ4n) is 3.75. The molecule has 1 aromatic carbocycles. The molecule has 122 valence electrons. The van der Waals surface area contributed by atoms with E-state index in [4.69, 9.17) is 32.9 Å². The molecule has 23 heavy (non-hydrogen) atoms. The van der Waals surface area contributed by atoms with Gasteiger partial charge in [0.05, 0.1) is 29.4 Å². The second-order valence-electron chi connectivity index (χ2n) is 6.33. The van der Waals surface area contributed by atoms with Gasteiger partial charge in [0.1, 0.15) is 0 Å². The number of rotatable bonds is 1. The number of hydrogen-bond acceptors (Lipinski definition) is 3. The van der Waals surface area contributed by atoms with E-state index in [1.807, 2.05) is 6.07 Å². The van der Waals surface area contributed by atoms with Gasteiger partial charge in [-0.05, 0) is 43.4 Å². The first kappa shape index (κ1) is 15.5. The highest BCUT2D eigenvalue weighted by atomic mass is 35.5. The van der Waals surface area contributed by atoms with Crippen molar-refractivity contribution in [3.63, 3.8) is 0 Å². The van der Waals surface area contributed by atoms with Crippen LogP contribution in [-0.2, 0) is 17.6 Å². The first-order valence-corrected chi connectivity index (χ1v) is 9.13. The van der Waals surface area contributed by atoms with Crippen LogP contribution in [0, 0.1) is 0 Å². The highest BCUT2D eigenvalue weighted by molar-refractivity contribution is 6.38. The number of pyridine rings is 1. The first-order valence-electron chi connectivity index (χ1n) is 8.37. The Morgan fingerprint density at radius 3 is 2.61 bits per heavy atom. The van der Waals surface area contributed by atoms with Gasteiger partial charge >= 0.3 is 0 Å². The Balaban J connectivity index is 1.99. The summed E-state index contributed by atoms with van der Waals surface area (Å²) < 4.78 is 5.54. The van der Waals surface area contributed by atoms with Crippen LogP contribution in [0.1, 0.15) is 30.5 Å². The zero-order valence-corrected chi connectivity index (χ0v) is 14.6. The monoisotopic (exact) mass is 350 g/mol. The molecule has 5 heteroatoms. The summed E-state index contributed by atoms with van der Waals surface area (Å²) in [6.07, 6.45) is 5.84. The van der Waals surface area contributed by atoms with Gasteiger partial charge < -0.3 is 9.64 Å². The Kier molecular flexibility index (Phi) is 4.35. The molecular formula is C18H20Cl2N2O. The molecule has 0 N–H and O–H groups in total. The molecule has 0 spiro atoms. The lowest BCUT2D eigenvalue weighted by Gasteiger charge is -2.32. The van der Waals surface area contributed by atoms with E-state index in [2.05, 4.69) is 4.90 Å². The first-order chi connectivity index (χ1) is 11.2. The van der Waals surface area contributed by atoms with Gasteiger partial charge in [-0.2, -0.15) is 0 Å². The quantitative estimate of drug-likeness (QED) is 0.700. The molecule has 0 amide bonds. The van der Waals surface area contributed by atoms with E-state index in [1.165, 1.54) is 36.2 Å². The van der Waals surface area contributed by atoms with Crippen molar-refractivity contribution in [1.29, 1.82) is 0 Å². The third-order valence-corrected chi connectivity index (χ3v) is 5.34. The van der Waals surface area contributed by atoms with Crippen molar-refractivity contribution in [2.24, 2.45) is 0 Å². The number of anilines is 1. The number of halogens is 2. The summed E-state index contributed by atoms with van der Waals surface area (Å²) in [5.74, 6) is 0. The maximum absolute atomic E-state index is 6.47.